The standard InChI is InChI=1S/C28H25O7PS/c1-2-36(23-12-6-3-7-13-23,24-14-8-4-9-15-24,25-16-10-5-11-17-25)35-37(33,34)26-19-21(27(29)30)18-22(20-26)28(31)32/h3-20H,2H2,1H3,(H,29,30)(H,31,32). The molecule has 0 amide bonds. The molecule has 0 saturated heterocycles. The first-order valence-electron chi connectivity index (χ1n) is 11.4. The molecule has 0 aliphatic heterocycles. The van der Waals surface area contributed by atoms with Gasteiger partial charge in [0, 0.05) is 0 Å². The van der Waals surface area contributed by atoms with Gasteiger partial charge in [-0.15, -0.1) is 0 Å². The summed E-state index contributed by atoms with van der Waals surface area (Å²) in [6.07, 6.45) is 0.257. The van der Waals surface area contributed by atoms with Gasteiger partial charge in [-0.3, -0.25) is 0 Å². The Labute approximate surface area is 215 Å². The Kier molecular flexibility index (Phi) is 7.02. The fraction of sp³-hybridized carbons (Fsp3) is 0.0714. The zero-order valence-electron chi connectivity index (χ0n) is 19.9. The predicted octanol–water partition coefficient (Wildman–Crippen LogP) is 4.25. The van der Waals surface area contributed by atoms with Crippen LogP contribution < -0.4 is 15.9 Å². The molecule has 0 radical (unpaired) electrons. The minimum atomic E-state index is -4.71. The number of hydrogen-bond acceptors (Lipinski definition) is 5. The van der Waals surface area contributed by atoms with Crippen LogP contribution in [0.4, 0.5) is 0 Å². The van der Waals surface area contributed by atoms with Crippen LogP contribution >= 0.6 is 6.83 Å². The number of carbonyl (C=O) groups is 2. The third kappa shape index (κ3) is 4.44. The summed E-state index contributed by atoms with van der Waals surface area (Å²) < 4.78 is 34.7. The molecule has 4 aromatic rings. The SMILES string of the molecule is CCP(OS(=O)(=O)c1cc(C(=O)O)cc(C(=O)O)c1)(c1ccccc1)(c1ccccc1)c1ccccc1. The summed E-state index contributed by atoms with van der Waals surface area (Å²) in [6, 6.07) is 30.0. The van der Waals surface area contributed by atoms with E-state index in [0.29, 0.717) is 15.9 Å². The van der Waals surface area contributed by atoms with Crippen LogP contribution in [-0.2, 0) is 14.1 Å². The van der Waals surface area contributed by atoms with E-state index in [0.717, 1.165) is 18.2 Å². The minimum absolute atomic E-state index is 0.257. The second-order valence-corrected chi connectivity index (χ2v) is 15.0. The Hall–Kier alpha value is -3.84. The Balaban J connectivity index is 2.12. The van der Waals surface area contributed by atoms with Gasteiger partial charge in [0.15, 0.2) is 0 Å². The quantitative estimate of drug-likeness (QED) is 0.307. The van der Waals surface area contributed by atoms with E-state index < -0.39 is 44.9 Å². The summed E-state index contributed by atoms with van der Waals surface area (Å²) in [7, 11) is -4.71. The number of carboxylic acids is 2. The molecule has 0 unspecified atom stereocenters. The molecule has 37 heavy (non-hydrogen) atoms. The van der Waals surface area contributed by atoms with E-state index in [9.17, 15) is 28.2 Å². The van der Waals surface area contributed by atoms with Gasteiger partial charge >= 0.3 is 215 Å². The van der Waals surface area contributed by atoms with Crippen molar-refractivity contribution < 1.29 is 32.2 Å². The molecule has 9 heteroatoms. The maximum atomic E-state index is 14.1. The van der Waals surface area contributed by atoms with Gasteiger partial charge in [-0.1, -0.05) is 0 Å². The molecule has 0 spiro atoms. The van der Waals surface area contributed by atoms with Crippen LogP contribution in [0.5, 0.6) is 0 Å². The van der Waals surface area contributed by atoms with Crippen molar-refractivity contribution in [2.24, 2.45) is 0 Å². The molecule has 0 aliphatic carbocycles. The van der Waals surface area contributed by atoms with Crippen LogP contribution in [0.25, 0.3) is 0 Å². The number of rotatable bonds is 9. The molecule has 0 aliphatic rings. The van der Waals surface area contributed by atoms with Gasteiger partial charge in [0.1, 0.15) is 0 Å². The van der Waals surface area contributed by atoms with E-state index in [1.165, 1.54) is 0 Å². The van der Waals surface area contributed by atoms with Crippen molar-refractivity contribution in [1.29, 1.82) is 0 Å². The van der Waals surface area contributed by atoms with E-state index in [2.05, 4.69) is 0 Å². The van der Waals surface area contributed by atoms with E-state index in [1.807, 2.05) is 97.9 Å². The molecule has 0 saturated carbocycles. The molecule has 0 bridgehead atoms. The predicted molar refractivity (Wildman–Crippen MR) is 144 cm³/mol. The van der Waals surface area contributed by atoms with Gasteiger partial charge in [-0.2, -0.15) is 0 Å². The average Bonchev–Trinajstić information content (AvgIpc) is 2.93. The van der Waals surface area contributed by atoms with Crippen LogP contribution in [0.3, 0.4) is 0 Å². The fourth-order valence-electron chi connectivity index (χ4n) is 4.66. The average molecular weight is 537 g/mol. The van der Waals surface area contributed by atoms with E-state index >= 15 is 0 Å². The van der Waals surface area contributed by atoms with Crippen LogP contribution in [0.2, 0.25) is 0 Å². The topological polar surface area (TPSA) is 118 Å². The Morgan fingerprint density at radius 3 is 1.32 bits per heavy atom. The summed E-state index contributed by atoms with van der Waals surface area (Å²) in [5.74, 6) is -2.91. The Morgan fingerprint density at radius 2 is 1.03 bits per heavy atom. The van der Waals surface area contributed by atoms with Crippen molar-refractivity contribution in [3.8, 4) is 0 Å². The second-order valence-electron chi connectivity index (χ2n) is 8.42. The van der Waals surface area contributed by atoms with Crippen LogP contribution in [0.15, 0.2) is 114 Å². The first-order chi connectivity index (χ1) is 17.6. The summed E-state index contributed by atoms with van der Waals surface area (Å²) >= 11 is 0. The van der Waals surface area contributed by atoms with Gasteiger partial charge in [0.05, 0.1) is 0 Å². The van der Waals surface area contributed by atoms with Gasteiger partial charge in [-0.25, -0.2) is 0 Å². The number of benzene rings is 4. The van der Waals surface area contributed by atoms with Gasteiger partial charge in [0.25, 0.3) is 0 Å². The molecule has 190 valence electrons. The monoisotopic (exact) mass is 536 g/mol. The Morgan fingerprint density at radius 1 is 0.676 bits per heavy atom. The zero-order valence-corrected chi connectivity index (χ0v) is 21.6. The molecule has 0 heterocycles. The normalized spacial score (nSPS) is 12.8. The van der Waals surface area contributed by atoms with Crippen molar-refractivity contribution in [3.05, 3.63) is 120 Å². The molecule has 0 fully saturated rings. The van der Waals surface area contributed by atoms with Crippen LogP contribution in [-0.4, -0.2) is 36.7 Å². The van der Waals surface area contributed by atoms with Crippen LogP contribution in [0, 0.1) is 0 Å². The van der Waals surface area contributed by atoms with E-state index in [4.69, 9.17) is 3.97 Å². The van der Waals surface area contributed by atoms with Crippen molar-refractivity contribution in [3.63, 3.8) is 0 Å². The molecular formula is C28H25O7PS. The first-order valence-corrected chi connectivity index (χ1v) is 15.1. The molecule has 7 nitrogen and oxygen atoms in total. The molecular weight excluding hydrogens is 511 g/mol. The number of aromatic carboxylic acids is 2. The molecule has 4 aromatic carbocycles. The number of carboxylic acid groups (broad SMARTS) is 2. The van der Waals surface area contributed by atoms with Crippen molar-refractivity contribution in [1.82, 2.24) is 0 Å². The van der Waals surface area contributed by atoms with Gasteiger partial charge in [-0.05, 0) is 0 Å². The summed E-state index contributed by atoms with van der Waals surface area (Å²) in [6.45, 7) is -2.41. The summed E-state index contributed by atoms with van der Waals surface area (Å²) in [5.41, 5.74) is -0.948. The van der Waals surface area contributed by atoms with E-state index in [1.54, 1.807) is 0 Å². The van der Waals surface area contributed by atoms with Gasteiger partial charge in [0.2, 0.25) is 0 Å². The summed E-state index contributed by atoms with van der Waals surface area (Å²) in [4.78, 5) is 22.9. The molecule has 0 aromatic heterocycles. The fourth-order valence-corrected chi connectivity index (χ4v) is 13.1. The van der Waals surface area contributed by atoms with Gasteiger partial charge < -0.3 is 0 Å². The van der Waals surface area contributed by atoms with Crippen LogP contribution in [0.1, 0.15) is 27.6 Å². The third-order valence-electron chi connectivity index (χ3n) is 6.46. The van der Waals surface area contributed by atoms with Crippen molar-refractivity contribution >= 4 is 44.8 Å². The molecule has 0 atom stereocenters. The molecule has 4 rings (SSSR count). The summed E-state index contributed by atoms with van der Waals surface area (Å²) in [5, 5.41) is 21.0. The van der Waals surface area contributed by atoms with Crippen molar-refractivity contribution in [2.75, 3.05) is 6.16 Å². The van der Waals surface area contributed by atoms with E-state index in [-0.39, 0.29) is 6.16 Å². The van der Waals surface area contributed by atoms with Crippen molar-refractivity contribution in [2.45, 2.75) is 11.8 Å². The molecule has 2 N–H and O–H groups in total. The zero-order chi connectivity index (χ0) is 26.7. The Bertz CT molecular complexity index is 1420. The third-order valence-corrected chi connectivity index (χ3v) is 14.8. The first kappa shape index (κ1) is 26.2. The second kappa shape index (κ2) is 9.90. The number of hydrogen-bond donors (Lipinski definition) is 2. The maximum absolute atomic E-state index is 14.1.